The molecule has 7 nitrogen and oxygen atoms in total. The molecule has 1 N–H and O–H groups in total. The zero-order chi connectivity index (χ0) is 24.1. The highest BCUT2D eigenvalue weighted by Gasteiger charge is 2.19. The third-order valence-corrected chi connectivity index (χ3v) is 5.20. The summed E-state index contributed by atoms with van der Waals surface area (Å²) in [6.07, 6.45) is 0. The number of amides is 1. The fourth-order valence-corrected chi connectivity index (χ4v) is 3.60. The summed E-state index contributed by atoms with van der Waals surface area (Å²) < 4.78 is 23.1. The quantitative estimate of drug-likeness (QED) is 0.318. The summed E-state index contributed by atoms with van der Waals surface area (Å²) in [5.74, 6) is 1.64. The van der Waals surface area contributed by atoms with Gasteiger partial charge in [0.15, 0.2) is 17.1 Å². The van der Waals surface area contributed by atoms with E-state index in [-0.39, 0.29) is 5.91 Å². The standard InChI is InChI=1S/C27H28N2O5/c1-5-31-23-15-19(16-24(32-6-2)25(23)33-7-3)26(30)28-21-14-18(13-12-17(21)4)27-29-20-10-8-9-11-22(20)34-27/h8-16H,5-7H2,1-4H3,(H,28,30). The molecule has 1 aromatic heterocycles. The molecule has 0 saturated carbocycles. The molecule has 0 aliphatic carbocycles. The largest absolute Gasteiger partial charge is 0.490 e. The Balaban J connectivity index is 1.66. The number of carbonyl (C=O) groups is 1. The summed E-state index contributed by atoms with van der Waals surface area (Å²) in [4.78, 5) is 17.8. The Morgan fingerprint density at radius 2 is 1.59 bits per heavy atom. The van der Waals surface area contributed by atoms with Gasteiger partial charge in [0.1, 0.15) is 5.52 Å². The lowest BCUT2D eigenvalue weighted by atomic mass is 10.1. The fourth-order valence-electron chi connectivity index (χ4n) is 3.60. The van der Waals surface area contributed by atoms with Gasteiger partial charge in [0, 0.05) is 16.8 Å². The summed E-state index contributed by atoms with van der Waals surface area (Å²) in [5, 5.41) is 3.00. The van der Waals surface area contributed by atoms with E-state index in [0.29, 0.717) is 59.8 Å². The second-order valence-electron chi connectivity index (χ2n) is 7.57. The average molecular weight is 461 g/mol. The highest BCUT2D eigenvalue weighted by molar-refractivity contribution is 6.05. The molecule has 4 rings (SSSR count). The van der Waals surface area contributed by atoms with E-state index in [1.807, 2.05) is 70.2 Å². The van der Waals surface area contributed by atoms with Gasteiger partial charge in [-0.25, -0.2) is 4.98 Å². The molecule has 0 bridgehead atoms. The molecule has 0 fully saturated rings. The fraction of sp³-hybridized carbons (Fsp3) is 0.259. The molecule has 0 atom stereocenters. The van der Waals surface area contributed by atoms with Gasteiger partial charge >= 0.3 is 0 Å². The smallest absolute Gasteiger partial charge is 0.255 e. The van der Waals surface area contributed by atoms with Crippen LogP contribution >= 0.6 is 0 Å². The van der Waals surface area contributed by atoms with E-state index >= 15 is 0 Å². The lowest BCUT2D eigenvalue weighted by molar-refractivity contribution is 0.102. The van der Waals surface area contributed by atoms with Crippen molar-refractivity contribution in [2.75, 3.05) is 25.1 Å². The number of aromatic nitrogens is 1. The SMILES string of the molecule is CCOc1cc(C(=O)Nc2cc(-c3nc4ccccc4o3)ccc2C)cc(OCC)c1OCC. The summed E-state index contributed by atoms with van der Waals surface area (Å²) >= 11 is 0. The van der Waals surface area contributed by atoms with Crippen molar-refractivity contribution < 1.29 is 23.4 Å². The highest BCUT2D eigenvalue weighted by atomic mass is 16.5. The van der Waals surface area contributed by atoms with Crippen LogP contribution in [0.3, 0.4) is 0 Å². The van der Waals surface area contributed by atoms with Crippen molar-refractivity contribution in [2.24, 2.45) is 0 Å². The van der Waals surface area contributed by atoms with Crippen LogP contribution in [0.2, 0.25) is 0 Å². The van der Waals surface area contributed by atoms with Crippen LogP contribution in [-0.4, -0.2) is 30.7 Å². The van der Waals surface area contributed by atoms with Gasteiger partial charge in [-0.15, -0.1) is 0 Å². The van der Waals surface area contributed by atoms with Crippen LogP contribution in [0.5, 0.6) is 17.2 Å². The number of anilines is 1. The number of oxazole rings is 1. The van der Waals surface area contributed by atoms with Gasteiger partial charge in [-0.05, 0) is 69.7 Å². The molecule has 0 saturated heterocycles. The first kappa shape index (κ1) is 23.2. The highest BCUT2D eigenvalue weighted by Crippen LogP contribution is 2.39. The topological polar surface area (TPSA) is 82.8 Å². The molecule has 3 aromatic carbocycles. The van der Waals surface area contributed by atoms with Crippen LogP contribution in [0.15, 0.2) is 59.0 Å². The van der Waals surface area contributed by atoms with Crippen molar-refractivity contribution in [3.05, 3.63) is 65.7 Å². The van der Waals surface area contributed by atoms with Crippen molar-refractivity contribution in [2.45, 2.75) is 27.7 Å². The Labute approximate surface area is 198 Å². The Morgan fingerprint density at radius 1 is 0.912 bits per heavy atom. The number of hydrogen-bond acceptors (Lipinski definition) is 6. The summed E-state index contributed by atoms with van der Waals surface area (Å²) in [6, 6.07) is 16.7. The number of carbonyl (C=O) groups excluding carboxylic acids is 1. The van der Waals surface area contributed by atoms with Gasteiger partial charge in [-0.1, -0.05) is 18.2 Å². The van der Waals surface area contributed by atoms with Crippen LogP contribution in [0.4, 0.5) is 5.69 Å². The van der Waals surface area contributed by atoms with Crippen LogP contribution in [0.25, 0.3) is 22.6 Å². The van der Waals surface area contributed by atoms with E-state index < -0.39 is 0 Å². The van der Waals surface area contributed by atoms with Gasteiger partial charge in [0.2, 0.25) is 11.6 Å². The Bertz CT molecular complexity index is 1250. The van der Waals surface area contributed by atoms with Crippen LogP contribution in [0.1, 0.15) is 36.7 Å². The Kier molecular flexibility index (Phi) is 7.01. The maximum atomic E-state index is 13.2. The minimum atomic E-state index is -0.289. The van der Waals surface area contributed by atoms with Crippen molar-refractivity contribution in [3.8, 4) is 28.7 Å². The summed E-state index contributed by atoms with van der Waals surface area (Å²) in [7, 11) is 0. The van der Waals surface area contributed by atoms with Crippen molar-refractivity contribution in [3.63, 3.8) is 0 Å². The predicted octanol–water partition coefficient (Wildman–Crippen LogP) is 6.25. The molecule has 176 valence electrons. The molecule has 0 aliphatic heterocycles. The van der Waals surface area contributed by atoms with Crippen molar-refractivity contribution in [1.82, 2.24) is 4.98 Å². The average Bonchev–Trinajstić information content (AvgIpc) is 3.27. The first-order valence-corrected chi connectivity index (χ1v) is 11.4. The van der Waals surface area contributed by atoms with Gasteiger partial charge in [0.25, 0.3) is 5.91 Å². The molecule has 0 aliphatic rings. The number of para-hydroxylation sites is 2. The maximum Gasteiger partial charge on any atom is 0.255 e. The predicted molar refractivity (Wildman–Crippen MR) is 132 cm³/mol. The molecular weight excluding hydrogens is 432 g/mol. The molecule has 7 heteroatoms. The lowest BCUT2D eigenvalue weighted by Gasteiger charge is -2.17. The number of nitrogens with one attached hydrogen (secondary N) is 1. The van der Waals surface area contributed by atoms with Crippen LogP contribution in [0, 0.1) is 6.92 Å². The summed E-state index contributed by atoms with van der Waals surface area (Å²) in [6.45, 7) is 8.89. The number of rotatable bonds is 9. The molecule has 0 unspecified atom stereocenters. The van der Waals surface area contributed by atoms with Gasteiger partial charge < -0.3 is 23.9 Å². The molecule has 4 aromatic rings. The van der Waals surface area contributed by atoms with E-state index in [0.717, 1.165) is 16.6 Å². The number of nitrogens with zero attached hydrogens (tertiary/aromatic N) is 1. The number of hydrogen-bond donors (Lipinski definition) is 1. The maximum absolute atomic E-state index is 13.2. The van der Waals surface area contributed by atoms with Gasteiger partial charge in [-0.3, -0.25) is 4.79 Å². The molecule has 1 amide bonds. The third-order valence-electron chi connectivity index (χ3n) is 5.20. The Hall–Kier alpha value is -4.00. The molecule has 1 heterocycles. The molecule has 0 radical (unpaired) electrons. The first-order valence-electron chi connectivity index (χ1n) is 11.4. The second kappa shape index (κ2) is 10.3. The molecular formula is C27H28N2O5. The third kappa shape index (κ3) is 4.83. The normalized spacial score (nSPS) is 10.8. The first-order chi connectivity index (χ1) is 16.5. The van der Waals surface area contributed by atoms with Gasteiger partial charge in [-0.2, -0.15) is 0 Å². The van der Waals surface area contributed by atoms with Gasteiger partial charge in [0.05, 0.1) is 19.8 Å². The van der Waals surface area contributed by atoms with E-state index in [4.69, 9.17) is 18.6 Å². The van der Waals surface area contributed by atoms with Crippen LogP contribution < -0.4 is 19.5 Å². The minimum absolute atomic E-state index is 0.289. The number of ether oxygens (including phenoxy) is 3. The molecule has 0 spiro atoms. The van der Waals surface area contributed by atoms with Crippen LogP contribution in [-0.2, 0) is 0 Å². The Morgan fingerprint density at radius 3 is 2.24 bits per heavy atom. The van der Waals surface area contributed by atoms with Crippen molar-refractivity contribution >= 4 is 22.7 Å². The number of aryl methyl sites for hydroxylation is 1. The van der Waals surface area contributed by atoms with Crippen molar-refractivity contribution in [1.29, 1.82) is 0 Å². The monoisotopic (exact) mass is 460 g/mol. The van der Waals surface area contributed by atoms with E-state index in [2.05, 4.69) is 10.3 Å². The second-order valence-corrected chi connectivity index (χ2v) is 7.57. The van der Waals surface area contributed by atoms with E-state index in [1.165, 1.54) is 0 Å². The lowest BCUT2D eigenvalue weighted by Crippen LogP contribution is -2.14. The summed E-state index contributed by atoms with van der Waals surface area (Å²) in [5.41, 5.74) is 4.24. The number of fused-ring (bicyclic) bond motifs is 1. The number of benzene rings is 3. The molecule has 34 heavy (non-hydrogen) atoms. The minimum Gasteiger partial charge on any atom is -0.490 e. The zero-order valence-corrected chi connectivity index (χ0v) is 19.8. The zero-order valence-electron chi connectivity index (χ0n) is 19.8. The van der Waals surface area contributed by atoms with E-state index in [1.54, 1.807) is 12.1 Å². The van der Waals surface area contributed by atoms with E-state index in [9.17, 15) is 4.79 Å².